The van der Waals surface area contributed by atoms with Crippen LogP contribution in [0.15, 0.2) is 41.4 Å². The van der Waals surface area contributed by atoms with Gasteiger partial charge in [0.2, 0.25) is 0 Å². The fraction of sp³-hybridized carbons (Fsp3) is 0.391. The molecule has 0 bridgehead atoms. The molecule has 0 aliphatic heterocycles. The standard InChI is InChI=1S/C23H27NO2/c1-6-23(5)14-22(3,4)18-11-10-16(12-19(18)23)13-24-20-15(2)8-7-9-17(20)21(25)26/h7-13H,6,14H2,1-5H3,(H,25,26)/b24-13-. The third-order valence-electron chi connectivity index (χ3n) is 5.85. The maximum Gasteiger partial charge on any atom is 0.337 e. The number of carbonyl (C=O) groups is 1. The van der Waals surface area contributed by atoms with Crippen LogP contribution in [-0.4, -0.2) is 17.3 Å². The Balaban J connectivity index is 2.03. The van der Waals surface area contributed by atoms with Crippen LogP contribution >= 0.6 is 0 Å². The van der Waals surface area contributed by atoms with Crippen molar-refractivity contribution in [3.8, 4) is 0 Å². The van der Waals surface area contributed by atoms with Crippen molar-refractivity contribution in [2.24, 2.45) is 4.99 Å². The van der Waals surface area contributed by atoms with Gasteiger partial charge in [-0.25, -0.2) is 4.79 Å². The third kappa shape index (κ3) is 3.07. The summed E-state index contributed by atoms with van der Waals surface area (Å²) >= 11 is 0. The van der Waals surface area contributed by atoms with Crippen LogP contribution in [-0.2, 0) is 10.8 Å². The summed E-state index contributed by atoms with van der Waals surface area (Å²) in [5, 5.41) is 9.40. The van der Waals surface area contributed by atoms with E-state index in [-0.39, 0.29) is 16.4 Å². The van der Waals surface area contributed by atoms with Crippen LogP contribution in [0.1, 0.15) is 73.1 Å². The van der Waals surface area contributed by atoms with Crippen molar-refractivity contribution < 1.29 is 9.90 Å². The van der Waals surface area contributed by atoms with Gasteiger partial charge in [0.15, 0.2) is 0 Å². The monoisotopic (exact) mass is 349 g/mol. The Kier molecular flexibility index (Phi) is 4.51. The van der Waals surface area contributed by atoms with Gasteiger partial charge in [0.25, 0.3) is 0 Å². The van der Waals surface area contributed by atoms with Crippen molar-refractivity contribution in [2.45, 2.75) is 58.3 Å². The first kappa shape index (κ1) is 18.4. The fourth-order valence-corrected chi connectivity index (χ4v) is 4.35. The molecule has 1 N–H and O–H groups in total. The molecule has 0 fully saturated rings. The second-order valence-corrected chi connectivity index (χ2v) is 8.31. The Bertz CT molecular complexity index is 895. The number of hydrogen-bond acceptors (Lipinski definition) is 2. The van der Waals surface area contributed by atoms with Gasteiger partial charge in [-0.05, 0) is 65.0 Å². The number of aliphatic imine (C=N–C) groups is 1. The number of nitrogens with zero attached hydrogens (tertiary/aromatic N) is 1. The van der Waals surface area contributed by atoms with Gasteiger partial charge in [-0.1, -0.05) is 52.0 Å². The van der Waals surface area contributed by atoms with Gasteiger partial charge >= 0.3 is 5.97 Å². The first-order chi connectivity index (χ1) is 12.2. The molecule has 0 spiro atoms. The Labute approximate surface area is 155 Å². The highest BCUT2D eigenvalue weighted by Gasteiger charge is 2.43. The number of rotatable bonds is 4. The van der Waals surface area contributed by atoms with E-state index < -0.39 is 5.97 Å². The first-order valence-corrected chi connectivity index (χ1v) is 9.20. The number of fused-ring (bicyclic) bond motifs is 1. The quantitative estimate of drug-likeness (QED) is 0.710. The SMILES string of the molecule is CCC1(C)CC(C)(C)c2ccc(/C=N\c3c(C)cccc3C(=O)O)cc21. The van der Waals surface area contributed by atoms with Crippen molar-refractivity contribution in [2.75, 3.05) is 0 Å². The zero-order valence-electron chi connectivity index (χ0n) is 16.3. The van der Waals surface area contributed by atoms with Crippen molar-refractivity contribution in [1.82, 2.24) is 0 Å². The van der Waals surface area contributed by atoms with Crippen LogP contribution in [0.5, 0.6) is 0 Å². The molecule has 1 unspecified atom stereocenters. The highest BCUT2D eigenvalue weighted by molar-refractivity contribution is 5.96. The van der Waals surface area contributed by atoms with Gasteiger partial charge < -0.3 is 5.11 Å². The van der Waals surface area contributed by atoms with Crippen LogP contribution in [0.4, 0.5) is 5.69 Å². The summed E-state index contributed by atoms with van der Waals surface area (Å²) in [5.74, 6) is -0.949. The Hall–Kier alpha value is -2.42. The molecule has 0 saturated heterocycles. The number of aromatic carboxylic acids is 1. The van der Waals surface area contributed by atoms with E-state index in [9.17, 15) is 9.90 Å². The normalized spacial score (nSPS) is 21.1. The van der Waals surface area contributed by atoms with Gasteiger partial charge in [-0.15, -0.1) is 0 Å². The molecule has 0 heterocycles. The first-order valence-electron chi connectivity index (χ1n) is 9.20. The van der Waals surface area contributed by atoms with E-state index in [0.717, 1.165) is 24.0 Å². The van der Waals surface area contributed by atoms with E-state index >= 15 is 0 Å². The van der Waals surface area contributed by atoms with Gasteiger partial charge in [0.1, 0.15) is 0 Å². The lowest BCUT2D eigenvalue weighted by Crippen LogP contribution is -2.20. The largest absolute Gasteiger partial charge is 0.478 e. The summed E-state index contributed by atoms with van der Waals surface area (Å²) in [6, 6.07) is 11.8. The molecule has 26 heavy (non-hydrogen) atoms. The molecule has 1 aliphatic rings. The average Bonchev–Trinajstić information content (AvgIpc) is 2.80. The fourth-order valence-electron chi connectivity index (χ4n) is 4.35. The molecule has 0 radical (unpaired) electrons. The van der Waals surface area contributed by atoms with Crippen molar-refractivity contribution >= 4 is 17.9 Å². The predicted molar refractivity (Wildman–Crippen MR) is 107 cm³/mol. The van der Waals surface area contributed by atoms with Crippen LogP contribution in [0.3, 0.4) is 0 Å². The average molecular weight is 349 g/mol. The summed E-state index contributed by atoms with van der Waals surface area (Å²) in [7, 11) is 0. The second-order valence-electron chi connectivity index (χ2n) is 8.31. The molecule has 0 aromatic heterocycles. The number of benzene rings is 2. The van der Waals surface area contributed by atoms with Gasteiger partial charge in [-0.3, -0.25) is 4.99 Å². The van der Waals surface area contributed by atoms with E-state index in [4.69, 9.17) is 0 Å². The maximum atomic E-state index is 11.5. The Morgan fingerprint density at radius 1 is 1.19 bits per heavy atom. The molecule has 3 nitrogen and oxygen atoms in total. The highest BCUT2D eigenvalue weighted by atomic mass is 16.4. The van der Waals surface area contributed by atoms with E-state index in [1.165, 1.54) is 11.1 Å². The van der Waals surface area contributed by atoms with E-state index in [1.807, 2.05) is 13.0 Å². The van der Waals surface area contributed by atoms with Crippen LogP contribution < -0.4 is 0 Å². The van der Waals surface area contributed by atoms with Crippen molar-refractivity contribution in [3.63, 3.8) is 0 Å². The number of para-hydroxylation sites is 1. The molecular weight excluding hydrogens is 322 g/mol. The molecule has 1 aliphatic carbocycles. The molecule has 136 valence electrons. The summed E-state index contributed by atoms with van der Waals surface area (Å²) in [5.41, 5.74) is 5.82. The molecule has 0 saturated carbocycles. The number of aryl methyl sites for hydroxylation is 1. The maximum absolute atomic E-state index is 11.5. The number of hydrogen-bond donors (Lipinski definition) is 1. The molecule has 2 aromatic carbocycles. The highest BCUT2D eigenvalue weighted by Crippen LogP contribution is 2.51. The third-order valence-corrected chi connectivity index (χ3v) is 5.85. The summed E-state index contributed by atoms with van der Waals surface area (Å²) in [6.45, 7) is 11.1. The molecule has 3 rings (SSSR count). The molecule has 2 aromatic rings. The van der Waals surface area contributed by atoms with Crippen LogP contribution in [0.2, 0.25) is 0 Å². The molecular formula is C23H27NO2. The zero-order valence-corrected chi connectivity index (χ0v) is 16.3. The molecule has 3 heteroatoms. The Morgan fingerprint density at radius 3 is 2.58 bits per heavy atom. The second kappa shape index (κ2) is 6.39. The van der Waals surface area contributed by atoms with Crippen molar-refractivity contribution in [3.05, 3.63) is 64.2 Å². The Morgan fingerprint density at radius 2 is 1.92 bits per heavy atom. The summed E-state index contributed by atoms with van der Waals surface area (Å²) < 4.78 is 0. The number of carboxylic acids is 1. The van der Waals surface area contributed by atoms with Gasteiger partial charge in [0, 0.05) is 6.21 Å². The predicted octanol–water partition coefficient (Wildman–Crippen LogP) is 5.79. The number of carboxylic acid groups (broad SMARTS) is 1. The minimum absolute atomic E-state index is 0.178. The lowest BCUT2D eigenvalue weighted by molar-refractivity contribution is 0.0697. The minimum Gasteiger partial charge on any atom is -0.478 e. The van der Waals surface area contributed by atoms with E-state index in [0.29, 0.717) is 5.69 Å². The lowest BCUT2D eigenvalue weighted by atomic mass is 9.78. The van der Waals surface area contributed by atoms with E-state index in [2.05, 4.69) is 50.9 Å². The minimum atomic E-state index is -0.949. The lowest BCUT2D eigenvalue weighted by Gasteiger charge is -2.26. The smallest absolute Gasteiger partial charge is 0.337 e. The van der Waals surface area contributed by atoms with Crippen LogP contribution in [0.25, 0.3) is 0 Å². The molecule has 0 amide bonds. The topological polar surface area (TPSA) is 49.7 Å². The van der Waals surface area contributed by atoms with Crippen molar-refractivity contribution in [1.29, 1.82) is 0 Å². The zero-order chi connectivity index (χ0) is 19.1. The summed E-state index contributed by atoms with van der Waals surface area (Å²) in [4.78, 5) is 16.0. The summed E-state index contributed by atoms with van der Waals surface area (Å²) in [6.07, 6.45) is 4.04. The van der Waals surface area contributed by atoms with E-state index in [1.54, 1.807) is 18.3 Å². The van der Waals surface area contributed by atoms with Crippen LogP contribution in [0, 0.1) is 6.92 Å². The van der Waals surface area contributed by atoms with Gasteiger partial charge in [0.05, 0.1) is 11.3 Å². The van der Waals surface area contributed by atoms with Gasteiger partial charge in [-0.2, -0.15) is 0 Å². The molecule has 1 atom stereocenters.